The number of hydrogen-bond donors (Lipinski definition) is 1. The van der Waals surface area contributed by atoms with E-state index in [0.717, 1.165) is 0 Å². The predicted octanol–water partition coefficient (Wildman–Crippen LogP) is 3.57. The number of aliphatic carboxylic acids is 1. The second-order valence-corrected chi connectivity index (χ2v) is 5.28. The molecule has 0 atom stereocenters. The molecule has 2 rings (SSSR count). The van der Waals surface area contributed by atoms with Gasteiger partial charge in [0.25, 0.3) is 5.92 Å². The number of carbonyl (C=O) groups is 1. The SMILES string of the molecule is O=C(O)CCCC(F)(F)c1cc2c(cc1Br)OCCO2. The quantitative estimate of drug-likeness (QED) is 0.881. The predicted molar refractivity (Wildman–Crippen MR) is 70.5 cm³/mol. The Balaban J connectivity index is 2.19. The van der Waals surface area contributed by atoms with Gasteiger partial charge in [0.15, 0.2) is 11.5 Å². The second kappa shape index (κ2) is 5.95. The monoisotopic (exact) mass is 350 g/mol. The maximum absolute atomic E-state index is 14.1. The van der Waals surface area contributed by atoms with Crippen molar-refractivity contribution in [2.75, 3.05) is 13.2 Å². The summed E-state index contributed by atoms with van der Waals surface area (Å²) in [7, 11) is 0. The van der Waals surface area contributed by atoms with Crippen LogP contribution in [0.25, 0.3) is 0 Å². The molecule has 1 heterocycles. The molecule has 20 heavy (non-hydrogen) atoms. The third-order valence-electron chi connectivity index (χ3n) is 2.91. The van der Waals surface area contributed by atoms with E-state index in [2.05, 4.69) is 15.9 Å². The van der Waals surface area contributed by atoms with Crippen LogP contribution >= 0.6 is 15.9 Å². The minimum Gasteiger partial charge on any atom is -0.486 e. The molecule has 0 aliphatic carbocycles. The molecule has 110 valence electrons. The van der Waals surface area contributed by atoms with Crippen LogP contribution < -0.4 is 9.47 Å². The highest BCUT2D eigenvalue weighted by Gasteiger charge is 2.35. The van der Waals surface area contributed by atoms with Crippen LogP contribution in [0.2, 0.25) is 0 Å². The standard InChI is InChI=1S/C13H13BrF2O4/c14-9-7-11-10(19-4-5-20-11)6-8(9)13(15,16)3-1-2-12(17)18/h6-7H,1-5H2,(H,17,18). The van der Waals surface area contributed by atoms with Crippen molar-refractivity contribution in [3.8, 4) is 11.5 Å². The summed E-state index contributed by atoms with van der Waals surface area (Å²) in [5.41, 5.74) is -0.216. The van der Waals surface area contributed by atoms with Crippen LogP contribution in [0.5, 0.6) is 11.5 Å². The highest BCUT2D eigenvalue weighted by atomic mass is 79.9. The average Bonchev–Trinajstić information content (AvgIpc) is 2.37. The maximum Gasteiger partial charge on any atom is 0.303 e. The molecule has 1 N–H and O–H groups in total. The van der Waals surface area contributed by atoms with Crippen LogP contribution in [-0.4, -0.2) is 24.3 Å². The minimum absolute atomic E-state index is 0.0940. The van der Waals surface area contributed by atoms with Gasteiger partial charge in [0.05, 0.1) is 0 Å². The number of carboxylic acids is 1. The molecule has 1 aliphatic heterocycles. The Morgan fingerprint density at radius 2 is 1.90 bits per heavy atom. The van der Waals surface area contributed by atoms with Gasteiger partial charge in [0, 0.05) is 22.9 Å². The van der Waals surface area contributed by atoms with Crippen molar-refractivity contribution in [3.05, 3.63) is 22.2 Å². The first-order valence-electron chi connectivity index (χ1n) is 6.09. The zero-order valence-corrected chi connectivity index (χ0v) is 12.1. The van der Waals surface area contributed by atoms with E-state index in [4.69, 9.17) is 14.6 Å². The lowest BCUT2D eigenvalue weighted by atomic mass is 10.0. The fourth-order valence-electron chi connectivity index (χ4n) is 1.94. The smallest absolute Gasteiger partial charge is 0.303 e. The van der Waals surface area contributed by atoms with Gasteiger partial charge in [-0.15, -0.1) is 0 Å². The van der Waals surface area contributed by atoms with E-state index in [1.54, 1.807) is 0 Å². The Kier molecular flexibility index (Phi) is 4.47. The van der Waals surface area contributed by atoms with Crippen molar-refractivity contribution < 1.29 is 28.2 Å². The van der Waals surface area contributed by atoms with Crippen molar-refractivity contribution in [3.63, 3.8) is 0 Å². The van der Waals surface area contributed by atoms with Crippen LogP contribution in [0.3, 0.4) is 0 Å². The second-order valence-electron chi connectivity index (χ2n) is 4.43. The number of hydrogen-bond acceptors (Lipinski definition) is 3. The average molecular weight is 351 g/mol. The summed E-state index contributed by atoms with van der Waals surface area (Å²) < 4.78 is 39.1. The molecule has 7 heteroatoms. The van der Waals surface area contributed by atoms with E-state index in [-0.39, 0.29) is 28.6 Å². The molecule has 0 spiro atoms. The van der Waals surface area contributed by atoms with Gasteiger partial charge in [-0.05, 0) is 18.6 Å². The van der Waals surface area contributed by atoms with Gasteiger partial charge in [-0.25, -0.2) is 8.78 Å². The lowest BCUT2D eigenvalue weighted by Crippen LogP contribution is -2.19. The Hall–Kier alpha value is -1.37. The molecule has 0 saturated heterocycles. The summed E-state index contributed by atoms with van der Waals surface area (Å²) in [4.78, 5) is 10.4. The molecule has 1 aromatic rings. The van der Waals surface area contributed by atoms with E-state index < -0.39 is 18.3 Å². The van der Waals surface area contributed by atoms with Gasteiger partial charge in [-0.3, -0.25) is 4.79 Å². The fraction of sp³-hybridized carbons (Fsp3) is 0.462. The maximum atomic E-state index is 14.1. The number of rotatable bonds is 5. The normalized spacial score (nSPS) is 14.2. The highest BCUT2D eigenvalue weighted by molar-refractivity contribution is 9.10. The Morgan fingerprint density at radius 1 is 1.30 bits per heavy atom. The van der Waals surface area contributed by atoms with Gasteiger partial charge >= 0.3 is 5.97 Å². The molecule has 0 fully saturated rings. The first kappa shape index (κ1) is 15.0. The summed E-state index contributed by atoms with van der Waals surface area (Å²) >= 11 is 3.10. The van der Waals surface area contributed by atoms with Crippen LogP contribution in [0.15, 0.2) is 16.6 Å². The lowest BCUT2D eigenvalue weighted by molar-refractivity contribution is -0.137. The molecule has 1 aromatic carbocycles. The van der Waals surface area contributed by atoms with Crippen molar-refractivity contribution in [1.82, 2.24) is 0 Å². The molecule has 0 unspecified atom stereocenters. The first-order chi connectivity index (χ1) is 9.40. The molecular weight excluding hydrogens is 338 g/mol. The molecule has 0 aromatic heterocycles. The number of alkyl halides is 2. The van der Waals surface area contributed by atoms with Crippen molar-refractivity contribution in [2.24, 2.45) is 0 Å². The fourth-order valence-corrected chi connectivity index (χ4v) is 2.55. The Labute approximate surface area is 122 Å². The number of benzene rings is 1. The van der Waals surface area contributed by atoms with E-state index in [1.807, 2.05) is 0 Å². The summed E-state index contributed by atoms with van der Waals surface area (Å²) in [6, 6.07) is 2.70. The highest BCUT2D eigenvalue weighted by Crippen LogP contribution is 2.43. The van der Waals surface area contributed by atoms with Crippen LogP contribution in [0, 0.1) is 0 Å². The largest absolute Gasteiger partial charge is 0.486 e. The van der Waals surface area contributed by atoms with Crippen molar-refractivity contribution in [1.29, 1.82) is 0 Å². The molecule has 0 amide bonds. The van der Waals surface area contributed by atoms with Gasteiger partial charge in [0.1, 0.15) is 13.2 Å². The van der Waals surface area contributed by atoms with Crippen molar-refractivity contribution >= 4 is 21.9 Å². The Bertz CT molecular complexity index is 519. The molecule has 4 nitrogen and oxygen atoms in total. The van der Waals surface area contributed by atoms with Gasteiger partial charge in [-0.1, -0.05) is 15.9 Å². The van der Waals surface area contributed by atoms with Crippen molar-refractivity contribution in [2.45, 2.75) is 25.2 Å². The topological polar surface area (TPSA) is 55.8 Å². The molecule has 0 bridgehead atoms. The zero-order chi connectivity index (χ0) is 14.8. The van der Waals surface area contributed by atoms with Gasteiger partial charge in [0.2, 0.25) is 0 Å². The van der Waals surface area contributed by atoms with Crippen LogP contribution in [-0.2, 0) is 10.7 Å². The van der Waals surface area contributed by atoms with Crippen LogP contribution in [0.1, 0.15) is 24.8 Å². The zero-order valence-electron chi connectivity index (χ0n) is 10.5. The number of ether oxygens (including phenoxy) is 2. The first-order valence-corrected chi connectivity index (χ1v) is 6.89. The Morgan fingerprint density at radius 3 is 2.50 bits per heavy atom. The third kappa shape index (κ3) is 3.39. The van der Waals surface area contributed by atoms with Gasteiger partial charge in [-0.2, -0.15) is 0 Å². The van der Waals surface area contributed by atoms with Crippen LogP contribution in [0.4, 0.5) is 8.78 Å². The molecule has 1 aliphatic rings. The lowest BCUT2D eigenvalue weighted by Gasteiger charge is -2.23. The summed E-state index contributed by atoms with van der Waals surface area (Å²) in [6.45, 7) is 0.701. The number of halogens is 3. The molecular formula is C13H13BrF2O4. The summed E-state index contributed by atoms with van der Waals surface area (Å²) in [5, 5.41) is 8.50. The number of carboxylic acid groups (broad SMARTS) is 1. The molecule has 0 saturated carbocycles. The third-order valence-corrected chi connectivity index (χ3v) is 3.56. The van der Waals surface area contributed by atoms with Gasteiger partial charge < -0.3 is 14.6 Å². The summed E-state index contributed by atoms with van der Waals surface area (Å²) in [6.07, 6.45) is -0.904. The van der Waals surface area contributed by atoms with E-state index in [9.17, 15) is 13.6 Å². The van der Waals surface area contributed by atoms with E-state index in [0.29, 0.717) is 19.0 Å². The minimum atomic E-state index is -3.12. The number of fused-ring (bicyclic) bond motifs is 1. The van der Waals surface area contributed by atoms with E-state index >= 15 is 0 Å². The summed E-state index contributed by atoms with van der Waals surface area (Å²) in [5.74, 6) is -3.49. The molecule has 0 radical (unpaired) electrons. The van der Waals surface area contributed by atoms with E-state index in [1.165, 1.54) is 12.1 Å².